The third kappa shape index (κ3) is 3.82. The Morgan fingerprint density at radius 1 is 1.18 bits per heavy atom. The fraction of sp³-hybridized carbons (Fsp3) is 0.320. The van der Waals surface area contributed by atoms with Crippen molar-refractivity contribution in [3.8, 4) is 11.1 Å². The summed E-state index contributed by atoms with van der Waals surface area (Å²) in [7, 11) is -3.05. The summed E-state index contributed by atoms with van der Waals surface area (Å²) in [6, 6.07) is 11.4. The SMILES string of the molecule is Cc1sc2ncn(CC(=O)c3cc(C)n([C@H]4CCS(=O)(=O)C4)c3C)c(=O)c2c1-c1ccccc1. The maximum atomic E-state index is 13.4. The Balaban J connectivity index is 1.51. The van der Waals surface area contributed by atoms with Crippen molar-refractivity contribution in [2.75, 3.05) is 11.5 Å². The second-order valence-electron chi connectivity index (χ2n) is 8.89. The first-order valence-electron chi connectivity index (χ1n) is 11.1. The number of aromatic nitrogens is 3. The third-order valence-electron chi connectivity index (χ3n) is 6.59. The van der Waals surface area contributed by atoms with Crippen LogP contribution < -0.4 is 5.56 Å². The van der Waals surface area contributed by atoms with E-state index in [1.807, 2.05) is 55.7 Å². The highest BCUT2D eigenvalue weighted by Crippen LogP contribution is 2.35. The number of carbonyl (C=O) groups excluding carboxylic acids is 1. The molecule has 34 heavy (non-hydrogen) atoms. The summed E-state index contributed by atoms with van der Waals surface area (Å²) in [5, 5.41) is 0.533. The summed E-state index contributed by atoms with van der Waals surface area (Å²) in [4.78, 5) is 32.9. The highest BCUT2D eigenvalue weighted by Gasteiger charge is 2.31. The van der Waals surface area contributed by atoms with Gasteiger partial charge < -0.3 is 4.57 Å². The highest BCUT2D eigenvalue weighted by atomic mass is 32.2. The number of aryl methyl sites for hydroxylation is 2. The standard InChI is InChI=1S/C25H25N3O4S2/c1-15-11-20(16(2)28(15)19-9-10-34(31,32)13-19)21(29)12-27-14-26-24-23(25(27)30)22(17(3)33-24)18-7-5-4-6-8-18/h4-8,11,14,19H,9-10,12-13H2,1-3H3/t19-/m0/s1. The van der Waals surface area contributed by atoms with E-state index in [4.69, 9.17) is 0 Å². The lowest BCUT2D eigenvalue weighted by Crippen LogP contribution is -2.25. The van der Waals surface area contributed by atoms with E-state index in [1.54, 1.807) is 6.07 Å². The van der Waals surface area contributed by atoms with Gasteiger partial charge in [-0.2, -0.15) is 0 Å². The maximum absolute atomic E-state index is 13.4. The molecule has 1 aliphatic heterocycles. The minimum Gasteiger partial charge on any atom is -0.344 e. The minimum absolute atomic E-state index is 0.0941. The summed E-state index contributed by atoms with van der Waals surface area (Å²) in [6.45, 7) is 5.57. The molecule has 4 heterocycles. The van der Waals surface area contributed by atoms with Crippen molar-refractivity contribution < 1.29 is 13.2 Å². The zero-order chi connectivity index (χ0) is 24.2. The highest BCUT2D eigenvalue weighted by molar-refractivity contribution is 7.91. The van der Waals surface area contributed by atoms with E-state index in [9.17, 15) is 18.0 Å². The summed E-state index contributed by atoms with van der Waals surface area (Å²) in [6.07, 6.45) is 1.99. The molecule has 1 saturated heterocycles. The number of carbonyl (C=O) groups is 1. The predicted molar refractivity (Wildman–Crippen MR) is 135 cm³/mol. The van der Waals surface area contributed by atoms with Crippen molar-refractivity contribution in [3.05, 3.63) is 74.9 Å². The number of sulfone groups is 1. The second kappa shape index (κ2) is 8.32. The van der Waals surface area contributed by atoms with Crippen LogP contribution in [0.2, 0.25) is 0 Å². The van der Waals surface area contributed by atoms with Gasteiger partial charge >= 0.3 is 0 Å². The number of rotatable bonds is 5. The van der Waals surface area contributed by atoms with Gasteiger partial charge in [0.05, 0.1) is 29.8 Å². The fourth-order valence-electron chi connectivity index (χ4n) is 5.04. The van der Waals surface area contributed by atoms with Crippen molar-refractivity contribution in [1.82, 2.24) is 14.1 Å². The summed E-state index contributed by atoms with van der Waals surface area (Å²) in [5.74, 6) is 0.0661. The molecule has 7 nitrogen and oxygen atoms in total. The number of thiophene rings is 1. The van der Waals surface area contributed by atoms with Crippen molar-refractivity contribution in [3.63, 3.8) is 0 Å². The summed E-state index contributed by atoms with van der Waals surface area (Å²) < 4.78 is 27.3. The van der Waals surface area contributed by atoms with Crippen LogP contribution in [0.1, 0.15) is 39.1 Å². The van der Waals surface area contributed by atoms with E-state index in [0.29, 0.717) is 22.2 Å². The molecule has 5 rings (SSSR count). The van der Waals surface area contributed by atoms with Crippen LogP contribution in [0.15, 0.2) is 47.5 Å². The van der Waals surface area contributed by atoms with Crippen molar-refractivity contribution in [2.45, 2.75) is 39.8 Å². The van der Waals surface area contributed by atoms with E-state index in [0.717, 1.165) is 27.4 Å². The van der Waals surface area contributed by atoms with Gasteiger partial charge in [-0.15, -0.1) is 11.3 Å². The molecule has 0 unspecified atom stereocenters. The smallest absolute Gasteiger partial charge is 0.263 e. The Kier molecular flexibility index (Phi) is 5.56. The first-order valence-corrected chi connectivity index (χ1v) is 13.8. The van der Waals surface area contributed by atoms with Crippen LogP contribution in [0.5, 0.6) is 0 Å². The monoisotopic (exact) mass is 495 g/mol. The number of hydrogen-bond acceptors (Lipinski definition) is 6. The first kappa shape index (κ1) is 22.7. The van der Waals surface area contributed by atoms with Crippen LogP contribution in [0.4, 0.5) is 0 Å². The molecule has 3 aromatic heterocycles. The lowest BCUT2D eigenvalue weighted by atomic mass is 10.0. The molecular weight excluding hydrogens is 470 g/mol. The molecule has 176 valence electrons. The molecule has 1 aliphatic rings. The Bertz CT molecular complexity index is 1590. The average molecular weight is 496 g/mol. The van der Waals surface area contributed by atoms with Crippen molar-refractivity contribution >= 4 is 37.2 Å². The molecule has 1 fully saturated rings. The number of nitrogens with zero attached hydrogens (tertiary/aromatic N) is 3. The number of hydrogen-bond donors (Lipinski definition) is 0. The topological polar surface area (TPSA) is 91.0 Å². The molecule has 0 saturated carbocycles. The van der Waals surface area contributed by atoms with Crippen LogP contribution >= 0.6 is 11.3 Å². The largest absolute Gasteiger partial charge is 0.344 e. The van der Waals surface area contributed by atoms with E-state index in [-0.39, 0.29) is 35.4 Å². The van der Waals surface area contributed by atoms with Crippen LogP contribution in [0, 0.1) is 20.8 Å². The fourth-order valence-corrected chi connectivity index (χ4v) is 7.75. The Labute approximate surface area is 201 Å². The second-order valence-corrected chi connectivity index (χ2v) is 12.3. The first-order chi connectivity index (χ1) is 16.2. The molecule has 0 aliphatic carbocycles. The van der Waals surface area contributed by atoms with E-state index < -0.39 is 9.84 Å². The van der Waals surface area contributed by atoms with Crippen LogP contribution in [-0.2, 0) is 16.4 Å². The molecule has 1 atom stereocenters. The van der Waals surface area contributed by atoms with Crippen LogP contribution in [0.25, 0.3) is 21.3 Å². The number of benzene rings is 1. The van der Waals surface area contributed by atoms with Gasteiger partial charge in [-0.05, 0) is 38.8 Å². The van der Waals surface area contributed by atoms with Gasteiger partial charge in [-0.3, -0.25) is 14.2 Å². The van der Waals surface area contributed by atoms with Crippen molar-refractivity contribution in [1.29, 1.82) is 0 Å². The van der Waals surface area contributed by atoms with E-state index >= 15 is 0 Å². The zero-order valence-electron chi connectivity index (χ0n) is 19.2. The van der Waals surface area contributed by atoms with Gasteiger partial charge in [0.1, 0.15) is 4.83 Å². The number of Topliss-reactive ketones (excluding diaryl/α,β-unsaturated/α-hetero) is 1. The number of ketones is 1. The van der Waals surface area contributed by atoms with Gasteiger partial charge in [0, 0.05) is 33.4 Å². The molecule has 0 bridgehead atoms. The molecule has 0 amide bonds. The Hall–Kier alpha value is -3.04. The Morgan fingerprint density at radius 2 is 1.91 bits per heavy atom. The van der Waals surface area contributed by atoms with E-state index in [2.05, 4.69) is 4.98 Å². The van der Waals surface area contributed by atoms with Crippen molar-refractivity contribution in [2.24, 2.45) is 0 Å². The van der Waals surface area contributed by atoms with Crippen LogP contribution in [0.3, 0.4) is 0 Å². The molecule has 0 spiro atoms. The molecule has 0 radical (unpaired) electrons. The van der Waals surface area contributed by atoms with Gasteiger partial charge in [-0.1, -0.05) is 30.3 Å². The lowest BCUT2D eigenvalue weighted by Gasteiger charge is -2.16. The quantitative estimate of drug-likeness (QED) is 0.389. The Morgan fingerprint density at radius 3 is 2.59 bits per heavy atom. The third-order valence-corrected chi connectivity index (χ3v) is 9.35. The van der Waals surface area contributed by atoms with Gasteiger partial charge in [0.25, 0.3) is 5.56 Å². The van der Waals surface area contributed by atoms with Crippen LogP contribution in [-0.4, -0.2) is 39.8 Å². The van der Waals surface area contributed by atoms with Gasteiger partial charge in [0.2, 0.25) is 0 Å². The molecule has 1 aromatic carbocycles. The zero-order valence-corrected chi connectivity index (χ0v) is 20.9. The maximum Gasteiger partial charge on any atom is 0.263 e. The summed E-state index contributed by atoms with van der Waals surface area (Å²) >= 11 is 1.47. The molecule has 9 heteroatoms. The normalized spacial score (nSPS) is 17.4. The summed E-state index contributed by atoms with van der Waals surface area (Å²) in [5.41, 5.74) is 3.67. The average Bonchev–Trinajstić information content (AvgIpc) is 3.42. The molecular formula is C25H25N3O4S2. The van der Waals surface area contributed by atoms with E-state index in [1.165, 1.54) is 22.2 Å². The predicted octanol–water partition coefficient (Wildman–Crippen LogP) is 4.09. The van der Waals surface area contributed by atoms with Gasteiger partial charge in [0.15, 0.2) is 15.6 Å². The number of fused-ring (bicyclic) bond motifs is 1. The lowest BCUT2D eigenvalue weighted by molar-refractivity contribution is 0.0970. The molecule has 0 N–H and O–H groups in total. The minimum atomic E-state index is -3.05. The molecule has 4 aromatic rings. The van der Waals surface area contributed by atoms with Gasteiger partial charge in [-0.25, -0.2) is 13.4 Å².